The highest BCUT2D eigenvalue weighted by Crippen LogP contribution is 2.33. The van der Waals surface area contributed by atoms with E-state index in [-0.39, 0.29) is 23.9 Å². The van der Waals surface area contributed by atoms with Gasteiger partial charge in [0.15, 0.2) is 0 Å². The van der Waals surface area contributed by atoms with E-state index in [9.17, 15) is 14.4 Å². The number of amides is 4. The van der Waals surface area contributed by atoms with Gasteiger partial charge in [-0.15, -0.1) is 11.3 Å². The van der Waals surface area contributed by atoms with E-state index >= 15 is 0 Å². The zero-order valence-corrected chi connectivity index (χ0v) is 18.0. The zero-order valence-electron chi connectivity index (χ0n) is 17.2. The highest BCUT2D eigenvalue weighted by Gasteiger charge is 2.45. The smallest absolute Gasteiger partial charge is 0.315 e. The third kappa shape index (κ3) is 3.92. The molecule has 2 atom stereocenters. The Morgan fingerprint density at radius 1 is 1.06 bits per heavy atom. The molecule has 0 unspecified atom stereocenters. The van der Waals surface area contributed by atoms with Crippen molar-refractivity contribution in [1.82, 2.24) is 15.5 Å². The highest BCUT2D eigenvalue weighted by atomic mass is 32.1. The molecule has 7 nitrogen and oxygen atoms in total. The van der Waals surface area contributed by atoms with Crippen LogP contribution in [0.4, 0.5) is 10.5 Å². The van der Waals surface area contributed by atoms with Gasteiger partial charge in [0.1, 0.15) is 6.04 Å². The van der Waals surface area contributed by atoms with Crippen molar-refractivity contribution < 1.29 is 14.4 Å². The Hall–Kier alpha value is -2.87. The van der Waals surface area contributed by atoms with Crippen LogP contribution in [0.15, 0.2) is 35.7 Å². The molecular weight excluding hydrogens is 412 g/mol. The van der Waals surface area contributed by atoms with Crippen molar-refractivity contribution in [3.63, 3.8) is 0 Å². The molecule has 0 bridgehead atoms. The summed E-state index contributed by atoms with van der Waals surface area (Å²) in [5, 5.41) is 10.9. The molecule has 1 aromatic carbocycles. The first-order chi connectivity index (χ1) is 15.1. The number of nitrogens with one attached hydrogen (secondary N) is 3. The topological polar surface area (TPSA) is 90.5 Å². The molecule has 8 heteroatoms. The van der Waals surface area contributed by atoms with Gasteiger partial charge in [-0.25, -0.2) is 4.79 Å². The summed E-state index contributed by atoms with van der Waals surface area (Å²) in [4.78, 5) is 41.6. The van der Waals surface area contributed by atoms with Gasteiger partial charge in [-0.1, -0.05) is 31.4 Å². The number of thiophene rings is 1. The molecule has 1 saturated heterocycles. The molecule has 1 saturated carbocycles. The third-order valence-corrected chi connectivity index (χ3v) is 7.42. The van der Waals surface area contributed by atoms with Crippen LogP contribution in [0.2, 0.25) is 0 Å². The molecular formula is C23H26N4O3S. The average Bonchev–Trinajstić information content (AvgIpc) is 3.42. The fourth-order valence-corrected chi connectivity index (χ4v) is 5.65. The minimum Gasteiger partial charge on any atom is -0.335 e. The zero-order chi connectivity index (χ0) is 21.4. The lowest BCUT2D eigenvalue weighted by atomic mass is 9.96. The molecule has 2 aliphatic heterocycles. The largest absolute Gasteiger partial charge is 0.335 e. The van der Waals surface area contributed by atoms with Crippen molar-refractivity contribution in [1.29, 1.82) is 0 Å². The standard InChI is InChI=1S/C23H26N4O3S/c28-21-20-18(26-23(30)24-15-5-2-1-3-6-15)10-11-27(20)22(29)16-13-14(8-9-17(16)25-21)19-7-4-12-31-19/h4,7-9,12-13,15,18,20H,1-3,5-6,10-11H2,(H,25,28)(H2,24,26,30)/t18-,20-/m0/s1. The number of carbonyl (C=O) groups excluding carboxylic acids is 3. The monoisotopic (exact) mass is 438 g/mol. The second kappa shape index (κ2) is 8.34. The molecule has 0 radical (unpaired) electrons. The van der Waals surface area contributed by atoms with E-state index in [1.807, 2.05) is 29.6 Å². The first kappa shape index (κ1) is 20.1. The van der Waals surface area contributed by atoms with Crippen molar-refractivity contribution in [2.45, 2.75) is 56.7 Å². The first-order valence-corrected chi connectivity index (χ1v) is 11.8. The van der Waals surface area contributed by atoms with E-state index in [1.54, 1.807) is 22.3 Å². The Balaban J connectivity index is 1.33. The van der Waals surface area contributed by atoms with E-state index in [4.69, 9.17) is 0 Å². The van der Waals surface area contributed by atoms with Crippen LogP contribution in [0.25, 0.3) is 10.4 Å². The van der Waals surface area contributed by atoms with Crippen molar-refractivity contribution >= 4 is 34.9 Å². The van der Waals surface area contributed by atoms with Gasteiger partial charge in [-0.05, 0) is 48.4 Å². The molecule has 162 valence electrons. The molecule has 31 heavy (non-hydrogen) atoms. The van der Waals surface area contributed by atoms with Crippen LogP contribution in [-0.4, -0.2) is 47.4 Å². The van der Waals surface area contributed by atoms with Crippen LogP contribution in [-0.2, 0) is 4.79 Å². The van der Waals surface area contributed by atoms with E-state index < -0.39 is 12.1 Å². The van der Waals surface area contributed by atoms with E-state index in [1.165, 1.54) is 6.42 Å². The summed E-state index contributed by atoms with van der Waals surface area (Å²) in [6, 6.07) is 8.37. The molecule has 3 aliphatic rings. The van der Waals surface area contributed by atoms with Crippen LogP contribution in [0, 0.1) is 0 Å². The first-order valence-electron chi connectivity index (χ1n) is 11.0. The van der Waals surface area contributed by atoms with E-state index in [0.29, 0.717) is 24.2 Å². The maximum atomic E-state index is 13.3. The quantitative estimate of drug-likeness (QED) is 0.684. The Labute approximate surface area is 185 Å². The second-order valence-corrected chi connectivity index (χ2v) is 9.47. The van der Waals surface area contributed by atoms with Crippen LogP contribution >= 0.6 is 11.3 Å². The Bertz CT molecular complexity index is 1000. The summed E-state index contributed by atoms with van der Waals surface area (Å²) >= 11 is 1.61. The number of carbonyl (C=O) groups is 3. The van der Waals surface area contributed by atoms with Gasteiger partial charge in [-0.3, -0.25) is 9.59 Å². The maximum Gasteiger partial charge on any atom is 0.315 e. The predicted octanol–water partition coefficient (Wildman–Crippen LogP) is 3.58. The van der Waals surface area contributed by atoms with Gasteiger partial charge >= 0.3 is 6.03 Å². The highest BCUT2D eigenvalue weighted by molar-refractivity contribution is 7.13. The SMILES string of the molecule is O=C(NC1CCCCC1)N[C@H]1CCN2C(=O)c3cc(-c4cccs4)ccc3NC(=O)[C@H]12. The van der Waals surface area contributed by atoms with Crippen molar-refractivity contribution in [2.75, 3.05) is 11.9 Å². The minimum absolute atomic E-state index is 0.172. The molecule has 2 fully saturated rings. The fraction of sp³-hybridized carbons (Fsp3) is 0.435. The van der Waals surface area contributed by atoms with Gasteiger partial charge < -0.3 is 20.9 Å². The van der Waals surface area contributed by atoms with Gasteiger partial charge in [0.25, 0.3) is 5.91 Å². The van der Waals surface area contributed by atoms with Crippen LogP contribution < -0.4 is 16.0 Å². The van der Waals surface area contributed by atoms with Crippen LogP contribution in [0.3, 0.4) is 0 Å². The molecule has 3 N–H and O–H groups in total. The van der Waals surface area contributed by atoms with Gasteiger partial charge in [0.2, 0.25) is 5.91 Å². The number of anilines is 1. The second-order valence-electron chi connectivity index (χ2n) is 8.52. The molecule has 1 aliphatic carbocycles. The fourth-order valence-electron chi connectivity index (χ4n) is 4.93. The number of hydrogen-bond donors (Lipinski definition) is 3. The predicted molar refractivity (Wildman–Crippen MR) is 120 cm³/mol. The molecule has 1 aromatic heterocycles. The Morgan fingerprint density at radius 2 is 1.90 bits per heavy atom. The number of benzene rings is 1. The van der Waals surface area contributed by atoms with Crippen LogP contribution in [0.1, 0.15) is 48.9 Å². The molecule has 0 spiro atoms. The van der Waals surface area contributed by atoms with E-state index in [0.717, 1.165) is 36.1 Å². The van der Waals surface area contributed by atoms with Crippen LogP contribution in [0.5, 0.6) is 0 Å². The summed E-state index contributed by atoms with van der Waals surface area (Å²) in [6.07, 6.45) is 6.03. The third-order valence-electron chi connectivity index (χ3n) is 6.50. The number of fused-ring (bicyclic) bond motifs is 2. The van der Waals surface area contributed by atoms with Gasteiger partial charge in [0.05, 0.1) is 17.3 Å². The van der Waals surface area contributed by atoms with E-state index in [2.05, 4.69) is 16.0 Å². The molecule has 5 rings (SSSR count). The van der Waals surface area contributed by atoms with Crippen molar-refractivity contribution in [3.05, 3.63) is 41.3 Å². The average molecular weight is 439 g/mol. The Morgan fingerprint density at radius 3 is 2.68 bits per heavy atom. The normalized spacial score (nSPS) is 23.5. The number of rotatable bonds is 3. The summed E-state index contributed by atoms with van der Waals surface area (Å²) in [5.41, 5.74) is 1.97. The number of hydrogen-bond acceptors (Lipinski definition) is 4. The lowest BCUT2D eigenvalue weighted by Gasteiger charge is -2.27. The van der Waals surface area contributed by atoms with Crippen molar-refractivity contribution in [2.24, 2.45) is 0 Å². The Kier molecular flexibility index (Phi) is 5.40. The molecule has 4 amide bonds. The van der Waals surface area contributed by atoms with Gasteiger partial charge in [0, 0.05) is 17.5 Å². The molecule has 3 heterocycles. The number of nitrogens with zero attached hydrogens (tertiary/aromatic N) is 1. The summed E-state index contributed by atoms with van der Waals surface area (Å²) in [6.45, 7) is 0.438. The van der Waals surface area contributed by atoms with Crippen molar-refractivity contribution in [3.8, 4) is 10.4 Å². The lowest BCUT2D eigenvalue weighted by molar-refractivity contribution is -0.120. The van der Waals surface area contributed by atoms with Gasteiger partial charge in [-0.2, -0.15) is 0 Å². The summed E-state index contributed by atoms with van der Waals surface area (Å²) in [5.74, 6) is -0.426. The lowest BCUT2D eigenvalue weighted by Crippen LogP contribution is -2.54. The summed E-state index contributed by atoms with van der Waals surface area (Å²) in [7, 11) is 0. The molecule has 2 aromatic rings. The summed E-state index contributed by atoms with van der Waals surface area (Å²) < 4.78 is 0. The maximum absolute atomic E-state index is 13.3. The minimum atomic E-state index is -0.706. The number of urea groups is 1.